The van der Waals surface area contributed by atoms with Gasteiger partial charge in [0.2, 0.25) is 5.88 Å². The Morgan fingerprint density at radius 1 is 1.37 bits per heavy atom. The van der Waals surface area contributed by atoms with Gasteiger partial charge < -0.3 is 10.1 Å². The highest BCUT2D eigenvalue weighted by atomic mass is 16.5. The molecule has 0 aliphatic heterocycles. The summed E-state index contributed by atoms with van der Waals surface area (Å²) in [5, 5.41) is 3.41. The van der Waals surface area contributed by atoms with Gasteiger partial charge in [-0.25, -0.2) is 4.98 Å². The van der Waals surface area contributed by atoms with Crippen molar-refractivity contribution in [3.63, 3.8) is 0 Å². The van der Waals surface area contributed by atoms with Gasteiger partial charge in [0.05, 0.1) is 6.61 Å². The number of hydrogen-bond acceptors (Lipinski definition) is 3. The molecule has 0 spiro atoms. The third kappa shape index (κ3) is 6.39. The molecule has 0 aliphatic carbocycles. The molecule has 0 saturated heterocycles. The second kappa shape index (κ2) is 8.70. The lowest BCUT2D eigenvalue weighted by molar-refractivity contribution is 0.308. The van der Waals surface area contributed by atoms with Crippen molar-refractivity contribution in [1.82, 2.24) is 10.3 Å². The molecule has 3 heteroatoms. The number of rotatable bonds is 9. The van der Waals surface area contributed by atoms with Gasteiger partial charge in [-0.1, -0.05) is 19.4 Å². The molecular formula is C16H26N2O. The fourth-order valence-electron chi connectivity index (χ4n) is 1.72. The number of nitrogens with zero attached hydrogens (tertiary/aromatic N) is 1. The summed E-state index contributed by atoms with van der Waals surface area (Å²) in [4.78, 5) is 4.50. The van der Waals surface area contributed by atoms with Crippen molar-refractivity contribution in [2.75, 3.05) is 13.2 Å². The van der Waals surface area contributed by atoms with Crippen LogP contribution >= 0.6 is 0 Å². The van der Waals surface area contributed by atoms with Gasteiger partial charge in [0.25, 0.3) is 0 Å². The number of aromatic nitrogens is 1. The van der Waals surface area contributed by atoms with Crippen LogP contribution in [0.4, 0.5) is 0 Å². The van der Waals surface area contributed by atoms with E-state index in [4.69, 9.17) is 4.74 Å². The van der Waals surface area contributed by atoms with Crippen LogP contribution in [0.15, 0.2) is 24.3 Å². The molecule has 106 valence electrons. The molecular weight excluding hydrogens is 236 g/mol. The molecule has 0 fully saturated rings. The number of pyridine rings is 1. The molecule has 0 atom stereocenters. The van der Waals surface area contributed by atoms with E-state index in [-0.39, 0.29) is 0 Å². The van der Waals surface area contributed by atoms with Crippen LogP contribution in [0.5, 0.6) is 5.88 Å². The SMILES string of the molecule is C=C(C)CCOc1cc(CNCCC)cc(CC)n1. The monoisotopic (exact) mass is 262 g/mol. The zero-order chi connectivity index (χ0) is 14.1. The van der Waals surface area contributed by atoms with Crippen molar-refractivity contribution in [2.24, 2.45) is 0 Å². The molecule has 0 radical (unpaired) electrons. The van der Waals surface area contributed by atoms with Gasteiger partial charge in [-0.05, 0) is 37.9 Å². The van der Waals surface area contributed by atoms with E-state index in [1.807, 2.05) is 13.0 Å². The Bertz CT molecular complexity index is 402. The first kappa shape index (κ1) is 15.7. The van der Waals surface area contributed by atoms with E-state index in [0.717, 1.165) is 49.5 Å². The molecule has 0 aliphatic rings. The Morgan fingerprint density at radius 2 is 2.16 bits per heavy atom. The molecule has 0 saturated carbocycles. The van der Waals surface area contributed by atoms with Crippen LogP contribution in [-0.2, 0) is 13.0 Å². The molecule has 0 bridgehead atoms. The first-order valence-electron chi connectivity index (χ1n) is 7.13. The molecule has 0 amide bonds. The molecule has 1 aromatic rings. The standard InChI is InChI=1S/C16H26N2O/c1-5-8-17-12-14-10-15(6-2)18-16(11-14)19-9-7-13(3)4/h10-11,17H,3,5-9,12H2,1-2,4H3. The summed E-state index contributed by atoms with van der Waals surface area (Å²) in [6, 6.07) is 4.18. The second-order valence-corrected chi connectivity index (χ2v) is 4.89. The lowest BCUT2D eigenvalue weighted by Crippen LogP contribution is -2.14. The molecule has 1 rings (SSSR count). The van der Waals surface area contributed by atoms with Crippen LogP contribution in [0.25, 0.3) is 0 Å². The summed E-state index contributed by atoms with van der Waals surface area (Å²) in [7, 11) is 0. The second-order valence-electron chi connectivity index (χ2n) is 4.89. The van der Waals surface area contributed by atoms with Crippen molar-refractivity contribution in [1.29, 1.82) is 0 Å². The Kier molecular flexibility index (Phi) is 7.19. The van der Waals surface area contributed by atoms with Crippen LogP contribution in [0.3, 0.4) is 0 Å². The third-order valence-electron chi connectivity index (χ3n) is 2.81. The van der Waals surface area contributed by atoms with Gasteiger partial charge in [-0.3, -0.25) is 0 Å². The summed E-state index contributed by atoms with van der Waals surface area (Å²) in [6.07, 6.45) is 2.95. The molecule has 19 heavy (non-hydrogen) atoms. The van der Waals surface area contributed by atoms with Gasteiger partial charge in [0.15, 0.2) is 0 Å². The van der Waals surface area contributed by atoms with E-state index in [1.54, 1.807) is 0 Å². The zero-order valence-electron chi connectivity index (χ0n) is 12.5. The molecule has 3 nitrogen and oxygen atoms in total. The Hall–Kier alpha value is -1.35. The van der Waals surface area contributed by atoms with Crippen molar-refractivity contribution >= 4 is 0 Å². The average molecular weight is 262 g/mol. The summed E-state index contributed by atoms with van der Waals surface area (Å²) in [5.41, 5.74) is 3.46. The van der Waals surface area contributed by atoms with Crippen LogP contribution in [0.2, 0.25) is 0 Å². The number of aryl methyl sites for hydroxylation is 1. The van der Waals surface area contributed by atoms with Gasteiger partial charge in [0, 0.05) is 24.7 Å². The summed E-state index contributed by atoms with van der Waals surface area (Å²) in [5.74, 6) is 0.730. The van der Waals surface area contributed by atoms with Crippen molar-refractivity contribution in [2.45, 2.75) is 46.6 Å². The fourth-order valence-corrected chi connectivity index (χ4v) is 1.72. The van der Waals surface area contributed by atoms with E-state index in [2.05, 4.69) is 36.8 Å². The normalized spacial score (nSPS) is 10.5. The van der Waals surface area contributed by atoms with Crippen molar-refractivity contribution < 1.29 is 4.74 Å². The van der Waals surface area contributed by atoms with Crippen molar-refractivity contribution in [3.05, 3.63) is 35.5 Å². The first-order chi connectivity index (χ1) is 9.15. The first-order valence-corrected chi connectivity index (χ1v) is 7.13. The highest BCUT2D eigenvalue weighted by Crippen LogP contribution is 2.14. The highest BCUT2D eigenvalue weighted by molar-refractivity contribution is 5.25. The Balaban J connectivity index is 2.63. The average Bonchev–Trinajstić information content (AvgIpc) is 2.38. The maximum Gasteiger partial charge on any atom is 0.213 e. The van der Waals surface area contributed by atoms with Crippen LogP contribution in [-0.4, -0.2) is 18.1 Å². The minimum Gasteiger partial charge on any atom is -0.477 e. The lowest BCUT2D eigenvalue weighted by atomic mass is 10.2. The zero-order valence-corrected chi connectivity index (χ0v) is 12.5. The van der Waals surface area contributed by atoms with Gasteiger partial charge in [0.1, 0.15) is 0 Å². The quantitative estimate of drug-likeness (QED) is 0.546. The molecule has 1 aromatic heterocycles. The molecule has 0 aromatic carbocycles. The summed E-state index contributed by atoms with van der Waals surface area (Å²) < 4.78 is 5.71. The van der Waals surface area contributed by atoms with E-state index in [9.17, 15) is 0 Å². The molecule has 1 heterocycles. The Morgan fingerprint density at radius 3 is 2.79 bits per heavy atom. The third-order valence-corrected chi connectivity index (χ3v) is 2.81. The number of hydrogen-bond donors (Lipinski definition) is 1. The predicted molar refractivity (Wildman–Crippen MR) is 80.5 cm³/mol. The summed E-state index contributed by atoms with van der Waals surface area (Å²) in [6.45, 7) is 12.7. The number of nitrogens with one attached hydrogen (secondary N) is 1. The van der Waals surface area contributed by atoms with E-state index >= 15 is 0 Å². The van der Waals surface area contributed by atoms with Crippen molar-refractivity contribution in [3.8, 4) is 5.88 Å². The predicted octanol–water partition coefficient (Wildman–Crippen LogP) is 3.49. The van der Waals surface area contributed by atoms with E-state index < -0.39 is 0 Å². The minimum absolute atomic E-state index is 0.650. The largest absolute Gasteiger partial charge is 0.477 e. The van der Waals surface area contributed by atoms with Crippen LogP contribution in [0.1, 0.15) is 44.9 Å². The number of ether oxygens (including phenoxy) is 1. The highest BCUT2D eigenvalue weighted by Gasteiger charge is 2.03. The smallest absolute Gasteiger partial charge is 0.213 e. The van der Waals surface area contributed by atoms with Gasteiger partial charge in [-0.15, -0.1) is 6.58 Å². The summed E-state index contributed by atoms with van der Waals surface area (Å²) >= 11 is 0. The molecule has 0 unspecified atom stereocenters. The topological polar surface area (TPSA) is 34.1 Å². The maximum atomic E-state index is 5.71. The van der Waals surface area contributed by atoms with Gasteiger partial charge in [-0.2, -0.15) is 0 Å². The molecule has 1 N–H and O–H groups in total. The van der Waals surface area contributed by atoms with E-state index in [0.29, 0.717) is 6.61 Å². The fraction of sp³-hybridized carbons (Fsp3) is 0.562. The van der Waals surface area contributed by atoms with Crippen LogP contribution in [0, 0.1) is 0 Å². The lowest BCUT2D eigenvalue weighted by Gasteiger charge is -2.10. The Labute approximate surface area is 117 Å². The maximum absolute atomic E-state index is 5.71. The van der Waals surface area contributed by atoms with Gasteiger partial charge >= 0.3 is 0 Å². The van der Waals surface area contributed by atoms with Crippen LogP contribution < -0.4 is 10.1 Å². The van der Waals surface area contributed by atoms with E-state index in [1.165, 1.54) is 5.56 Å². The minimum atomic E-state index is 0.650.